The number of aliphatic hydroxyl groups is 1. The van der Waals surface area contributed by atoms with Gasteiger partial charge in [0.25, 0.3) is 0 Å². The number of nitrogens with two attached hydrogens (primary N) is 1. The summed E-state index contributed by atoms with van der Waals surface area (Å²) in [6, 6.07) is 7.46. The molecule has 1 atom stereocenters. The molecule has 0 aliphatic carbocycles. The molecule has 0 aromatic heterocycles. The standard InChI is InChI=1S/C15H24N2OS/c1-15(2,3)10-17(4)9-13(18)11-5-7-12(8-6-11)14(16)19/h5-8,13,18H,9-10H2,1-4H3,(H2,16,19). The van der Waals surface area contributed by atoms with Crippen molar-refractivity contribution < 1.29 is 5.11 Å². The van der Waals surface area contributed by atoms with Crippen LogP contribution in [0.4, 0.5) is 0 Å². The number of aliphatic hydroxyl groups excluding tert-OH is 1. The molecule has 0 amide bonds. The van der Waals surface area contributed by atoms with Gasteiger partial charge >= 0.3 is 0 Å². The molecule has 106 valence electrons. The normalized spacial score (nSPS) is 13.6. The summed E-state index contributed by atoms with van der Waals surface area (Å²) in [6.07, 6.45) is -0.493. The van der Waals surface area contributed by atoms with Crippen molar-refractivity contribution in [2.24, 2.45) is 11.1 Å². The van der Waals surface area contributed by atoms with Crippen LogP contribution in [0.2, 0.25) is 0 Å². The fraction of sp³-hybridized carbons (Fsp3) is 0.533. The molecule has 19 heavy (non-hydrogen) atoms. The highest BCUT2D eigenvalue weighted by molar-refractivity contribution is 7.80. The third-order valence-electron chi connectivity index (χ3n) is 2.81. The van der Waals surface area contributed by atoms with Crippen molar-refractivity contribution in [2.75, 3.05) is 20.1 Å². The monoisotopic (exact) mass is 280 g/mol. The fourth-order valence-electron chi connectivity index (χ4n) is 2.14. The Morgan fingerprint density at radius 3 is 2.26 bits per heavy atom. The van der Waals surface area contributed by atoms with Crippen LogP contribution in [0.3, 0.4) is 0 Å². The topological polar surface area (TPSA) is 49.5 Å². The van der Waals surface area contributed by atoms with E-state index < -0.39 is 6.10 Å². The second-order valence-corrected chi connectivity index (χ2v) is 6.70. The predicted octanol–water partition coefficient (Wildman–Crippen LogP) is 2.33. The van der Waals surface area contributed by atoms with Gasteiger partial charge in [-0.25, -0.2) is 0 Å². The van der Waals surface area contributed by atoms with Crippen LogP contribution in [0.15, 0.2) is 24.3 Å². The van der Waals surface area contributed by atoms with E-state index in [9.17, 15) is 5.11 Å². The van der Waals surface area contributed by atoms with Crippen LogP contribution < -0.4 is 5.73 Å². The van der Waals surface area contributed by atoms with E-state index in [2.05, 4.69) is 25.7 Å². The summed E-state index contributed by atoms with van der Waals surface area (Å²) in [5.74, 6) is 0. The Labute approximate surface area is 121 Å². The summed E-state index contributed by atoms with van der Waals surface area (Å²) in [5.41, 5.74) is 7.49. The molecule has 1 aromatic rings. The zero-order chi connectivity index (χ0) is 14.6. The Hall–Kier alpha value is -0.970. The van der Waals surface area contributed by atoms with Crippen molar-refractivity contribution in [3.8, 4) is 0 Å². The van der Waals surface area contributed by atoms with Gasteiger partial charge in [0.05, 0.1) is 6.10 Å². The number of benzene rings is 1. The summed E-state index contributed by atoms with van der Waals surface area (Å²) in [7, 11) is 2.03. The maximum Gasteiger partial charge on any atom is 0.103 e. The predicted molar refractivity (Wildman–Crippen MR) is 84.2 cm³/mol. The number of hydrogen-bond acceptors (Lipinski definition) is 3. The van der Waals surface area contributed by atoms with Gasteiger partial charge in [-0.05, 0) is 18.0 Å². The zero-order valence-corrected chi connectivity index (χ0v) is 13.0. The Balaban J connectivity index is 2.62. The van der Waals surface area contributed by atoms with Gasteiger partial charge in [0.2, 0.25) is 0 Å². The van der Waals surface area contributed by atoms with E-state index in [1.807, 2.05) is 31.3 Å². The van der Waals surface area contributed by atoms with Crippen molar-refractivity contribution in [3.05, 3.63) is 35.4 Å². The van der Waals surface area contributed by atoms with Crippen molar-refractivity contribution in [2.45, 2.75) is 26.9 Å². The van der Waals surface area contributed by atoms with E-state index in [0.717, 1.165) is 17.7 Å². The first-order valence-corrected chi connectivity index (χ1v) is 6.86. The highest BCUT2D eigenvalue weighted by Gasteiger charge is 2.17. The molecule has 1 unspecified atom stereocenters. The first-order chi connectivity index (χ1) is 8.69. The van der Waals surface area contributed by atoms with Crippen LogP contribution in [0.1, 0.15) is 38.0 Å². The first kappa shape index (κ1) is 16.1. The number of likely N-dealkylation sites (N-methyl/N-ethyl adjacent to an activating group) is 1. The van der Waals surface area contributed by atoms with Crippen LogP contribution in [0.25, 0.3) is 0 Å². The Morgan fingerprint density at radius 2 is 1.84 bits per heavy atom. The minimum atomic E-state index is -0.493. The fourth-order valence-corrected chi connectivity index (χ4v) is 2.28. The molecule has 0 radical (unpaired) electrons. The van der Waals surface area contributed by atoms with Crippen LogP contribution in [-0.4, -0.2) is 35.1 Å². The van der Waals surface area contributed by atoms with Crippen LogP contribution >= 0.6 is 12.2 Å². The molecule has 3 N–H and O–H groups in total. The smallest absolute Gasteiger partial charge is 0.103 e. The average molecular weight is 280 g/mol. The van der Waals surface area contributed by atoms with E-state index in [1.165, 1.54) is 0 Å². The molecule has 3 nitrogen and oxygen atoms in total. The Morgan fingerprint density at radius 1 is 1.32 bits per heavy atom. The van der Waals surface area contributed by atoms with Gasteiger partial charge in [-0.3, -0.25) is 0 Å². The third kappa shape index (κ3) is 5.68. The van der Waals surface area contributed by atoms with Crippen LogP contribution in [0.5, 0.6) is 0 Å². The lowest BCUT2D eigenvalue weighted by molar-refractivity contribution is 0.108. The molecular weight excluding hydrogens is 256 g/mol. The maximum absolute atomic E-state index is 10.2. The van der Waals surface area contributed by atoms with Gasteiger partial charge < -0.3 is 15.7 Å². The van der Waals surface area contributed by atoms with E-state index in [4.69, 9.17) is 18.0 Å². The van der Waals surface area contributed by atoms with Crippen molar-refractivity contribution in [1.82, 2.24) is 4.90 Å². The number of nitrogens with zero attached hydrogens (tertiary/aromatic N) is 1. The van der Waals surface area contributed by atoms with Gasteiger partial charge in [-0.2, -0.15) is 0 Å². The summed E-state index contributed by atoms with van der Waals surface area (Å²) < 4.78 is 0. The molecule has 0 saturated heterocycles. The summed E-state index contributed by atoms with van der Waals surface area (Å²) in [4.78, 5) is 2.53. The van der Waals surface area contributed by atoms with Gasteiger partial charge in [0.1, 0.15) is 4.99 Å². The average Bonchev–Trinajstić information content (AvgIpc) is 2.26. The summed E-state index contributed by atoms with van der Waals surface area (Å²) in [6.45, 7) is 8.12. The lowest BCUT2D eigenvalue weighted by Gasteiger charge is -2.28. The highest BCUT2D eigenvalue weighted by Crippen LogP contribution is 2.18. The zero-order valence-electron chi connectivity index (χ0n) is 12.2. The summed E-state index contributed by atoms with van der Waals surface area (Å²) >= 11 is 4.91. The van der Waals surface area contributed by atoms with Crippen LogP contribution in [0, 0.1) is 5.41 Å². The van der Waals surface area contributed by atoms with Gasteiger partial charge in [-0.1, -0.05) is 57.3 Å². The van der Waals surface area contributed by atoms with E-state index in [-0.39, 0.29) is 5.41 Å². The number of thiocarbonyl (C=S) groups is 1. The molecule has 0 aliphatic heterocycles. The Bertz CT molecular complexity index is 423. The maximum atomic E-state index is 10.2. The largest absolute Gasteiger partial charge is 0.389 e. The molecule has 0 spiro atoms. The Kier molecular flexibility index (Phi) is 5.47. The lowest BCUT2D eigenvalue weighted by Crippen LogP contribution is -2.32. The number of rotatable bonds is 5. The molecule has 4 heteroatoms. The summed E-state index contributed by atoms with van der Waals surface area (Å²) in [5, 5.41) is 10.2. The van der Waals surface area contributed by atoms with Gasteiger partial charge in [-0.15, -0.1) is 0 Å². The van der Waals surface area contributed by atoms with Gasteiger partial charge in [0.15, 0.2) is 0 Å². The second kappa shape index (κ2) is 6.46. The molecule has 0 heterocycles. The third-order valence-corrected chi connectivity index (χ3v) is 3.04. The molecular formula is C15H24N2OS. The quantitative estimate of drug-likeness (QED) is 0.813. The molecule has 0 aliphatic rings. The SMILES string of the molecule is CN(CC(O)c1ccc(C(N)=S)cc1)CC(C)(C)C. The second-order valence-electron chi connectivity index (χ2n) is 6.26. The minimum Gasteiger partial charge on any atom is -0.389 e. The highest BCUT2D eigenvalue weighted by atomic mass is 32.1. The molecule has 0 fully saturated rings. The molecule has 0 saturated carbocycles. The van der Waals surface area contributed by atoms with Crippen molar-refractivity contribution in [3.63, 3.8) is 0 Å². The van der Waals surface area contributed by atoms with Crippen molar-refractivity contribution >= 4 is 17.2 Å². The first-order valence-electron chi connectivity index (χ1n) is 6.45. The lowest BCUT2D eigenvalue weighted by atomic mass is 9.96. The van der Waals surface area contributed by atoms with E-state index >= 15 is 0 Å². The van der Waals surface area contributed by atoms with E-state index in [1.54, 1.807) is 0 Å². The number of hydrogen-bond donors (Lipinski definition) is 2. The minimum absolute atomic E-state index is 0.226. The van der Waals surface area contributed by atoms with E-state index in [0.29, 0.717) is 11.5 Å². The molecule has 1 rings (SSSR count). The van der Waals surface area contributed by atoms with Crippen molar-refractivity contribution in [1.29, 1.82) is 0 Å². The molecule has 0 bridgehead atoms. The molecule has 1 aromatic carbocycles. The van der Waals surface area contributed by atoms with Crippen LogP contribution in [-0.2, 0) is 0 Å². The van der Waals surface area contributed by atoms with Gasteiger partial charge in [0, 0.05) is 18.7 Å².